The van der Waals surface area contributed by atoms with Gasteiger partial charge in [0.1, 0.15) is 5.75 Å². The number of rotatable bonds is 6. The normalized spacial score (nSPS) is 12.2. The van der Waals surface area contributed by atoms with E-state index in [2.05, 4.69) is 12.1 Å². The van der Waals surface area contributed by atoms with Crippen LogP contribution in [0.25, 0.3) is 0 Å². The summed E-state index contributed by atoms with van der Waals surface area (Å²) in [6, 6.07) is 11.8. The van der Waals surface area contributed by atoms with E-state index in [1.54, 1.807) is 0 Å². The molecule has 0 aromatic heterocycles. The van der Waals surface area contributed by atoms with E-state index in [-0.39, 0.29) is 5.92 Å². The van der Waals surface area contributed by atoms with Gasteiger partial charge in [-0.05, 0) is 61.7 Å². The largest absolute Gasteiger partial charge is 0.494 e. The van der Waals surface area contributed by atoms with Crippen LogP contribution in [0.5, 0.6) is 5.75 Å². The average Bonchev–Trinajstić information content (AvgIpc) is 2.49. The summed E-state index contributed by atoms with van der Waals surface area (Å²) in [7, 11) is 0. The summed E-state index contributed by atoms with van der Waals surface area (Å²) >= 11 is 12.5. The maximum absolute atomic E-state index is 6.27. The van der Waals surface area contributed by atoms with Crippen LogP contribution in [0.15, 0.2) is 36.4 Å². The molecule has 0 fully saturated rings. The van der Waals surface area contributed by atoms with E-state index in [0.717, 1.165) is 23.3 Å². The van der Waals surface area contributed by atoms with Crippen LogP contribution in [0.1, 0.15) is 29.5 Å². The molecule has 0 aliphatic rings. The van der Waals surface area contributed by atoms with Crippen LogP contribution in [-0.2, 0) is 6.42 Å². The maximum Gasteiger partial charge on any atom is 0.122 e. The fourth-order valence-electron chi connectivity index (χ4n) is 2.55. The van der Waals surface area contributed by atoms with Crippen LogP contribution in [0, 0.1) is 6.92 Å². The molecular weight excluding hydrogens is 317 g/mol. The summed E-state index contributed by atoms with van der Waals surface area (Å²) in [4.78, 5) is 0. The third-order valence-electron chi connectivity index (χ3n) is 3.77. The van der Waals surface area contributed by atoms with Gasteiger partial charge in [-0.1, -0.05) is 41.4 Å². The summed E-state index contributed by atoms with van der Waals surface area (Å²) in [6.07, 6.45) is 0.725. The highest BCUT2D eigenvalue weighted by atomic mass is 35.5. The van der Waals surface area contributed by atoms with Crippen molar-refractivity contribution in [2.75, 3.05) is 13.2 Å². The van der Waals surface area contributed by atoms with Gasteiger partial charge in [-0.25, -0.2) is 0 Å². The summed E-state index contributed by atoms with van der Waals surface area (Å²) < 4.78 is 5.59. The predicted octanol–water partition coefficient (Wildman–Crippen LogP) is 4.99. The molecule has 0 spiro atoms. The van der Waals surface area contributed by atoms with Crippen molar-refractivity contribution in [3.8, 4) is 5.75 Å². The Kier molecular flexibility index (Phi) is 6.13. The molecule has 2 aromatic carbocycles. The van der Waals surface area contributed by atoms with Crippen molar-refractivity contribution in [2.24, 2.45) is 5.73 Å². The minimum Gasteiger partial charge on any atom is -0.494 e. The minimum absolute atomic E-state index is 0.173. The number of nitrogens with two attached hydrogens (primary N) is 1. The number of aryl methyl sites for hydroxylation is 1. The maximum atomic E-state index is 6.27. The standard InChI is InChI=1S/C18H21Cl2NO/c1-3-22-18-8-7-13(9-12(18)2)14(11-21)10-15-16(19)5-4-6-17(15)20/h4-9,14H,3,10-11,21H2,1-2H3. The molecule has 118 valence electrons. The number of halogens is 2. The molecule has 2 nitrogen and oxygen atoms in total. The monoisotopic (exact) mass is 337 g/mol. The Balaban J connectivity index is 2.27. The van der Waals surface area contributed by atoms with Crippen LogP contribution >= 0.6 is 23.2 Å². The molecule has 4 heteroatoms. The second kappa shape index (κ2) is 7.87. The molecule has 0 aliphatic heterocycles. The first kappa shape index (κ1) is 17.1. The van der Waals surface area contributed by atoms with Crippen LogP contribution in [0.3, 0.4) is 0 Å². The summed E-state index contributed by atoms with van der Waals surface area (Å²) in [5.41, 5.74) is 9.23. The lowest BCUT2D eigenvalue weighted by molar-refractivity contribution is 0.337. The highest BCUT2D eigenvalue weighted by molar-refractivity contribution is 6.36. The van der Waals surface area contributed by atoms with Crippen molar-refractivity contribution < 1.29 is 4.74 Å². The first-order chi connectivity index (χ1) is 10.6. The average molecular weight is 338 g/mol. The van der Waals surface area contributed by atoms with Crippen LogP contribution < -0.4 is 10.5 Å². The van der Waals surface area contributed by atoms with Gasteiger partial charge in [0.05, 0.1) is 6.61 Å². The van der Waals surface area contributed by atoms with Gasteiger partial charge in [-0.15, -0.1) is 0 Å². The first-order valence-corrected chi connectivity index (χ1v) is 8.18. The molecule has 0 radical (unpaired) electrons. The molecule has 0 saturated carbocycles. The Morgan fingerprint density at radius 2 is 1.82 bits per heavy atom. The SMILES string of the molecule is CCOc1ccc(C(CN)Cc2c(Cl)cccc2Cl)cc1C. The van der Waals surface area contributed by atoms with E-state index in [4.69, 9.17) is 33.7 Å². The third kappa shape index (κ3) is 3.95. The molecule has 1 unspecified atom stereocenters. The van der Waals surface area contributed by atoms with Crippen LogP contribution in [0.4, 0.5) is 0 Å². The lowest BCUT2D eigenvalue weighted by atomic mass is 9.91. The van der Waals surface area contributed by atoms with Crippen molar-refractivity contribution in [1.29, 1.82) is 0 Å². The smallest absolute Gasteiger partial charge is 0.122 e. The number of hydrogen-bond acceptors (Lipinski definition) is 2. The number of benzene rings is 2. The van der Waals surface area contributed by atoms with Gasteiger partial charge in [0, 0.05) is 16.0 Å². The zero-order valence-corrected chi connectivity index (χ0v) is 14.4. The number of ether oxygens (including phenoxy) is 1. The zero-order chi connectivity index (χ0) is 16.1. The third-order valence-corrected chi connectivity index (χ3v) is 4.48. The Bertz CT molecular complexity index is 623. The molecule has 0 heterocycles. The van der Waals surface area contributed by atoms with Gasteiger partial charge < -0.3 is 10.5 Å². The van der Waals surface area contributed by atoms with Crippen molar-refractivity contribution in [3.63, 3.8) is 0 Å². The topological polar surface area (TPSA) is 35.2 Å². The van der Waals surface area contributed by atoms with E-state index in [1.807, 2.05) is 38.1 Å². The van der Waals surface area contributed by atoms with E-state index in [0.29, 0.717) is 23.2 Å². The Morgan fingerprint density at radius 1 is 1.14 bits per heavy atom. The highest BCUT2D eigenvalue weighted by Crippen LogP contribution is 2.31. The summed E-state index contributed by atoms with van der Waals surface area (Å²) in [6.45, 7) is 5.23. The Morgan fingerprint density at radius 3 is 2.36 bits per heavy atom. The second-order valence-corrected chi connectivity index (χ2v) is 6.11. The second-order valence-electron chi connectivity index (χ2n) is 5.29. The van der Waals surface area contributed by atoms with E-state index in [1.165, 1.54) is 5.56 Å². The van der Waals surface area contributed by atoms with Gasteiger partial charge in [-0.2, -0.15) is 0 Å². The quantitative estimate of drug-likeness (QED) is 0.806. The Hall–Kier alpha value is -1.22. The van der Waals surface area contributed by atoms with Crippen molar-refractivity contribution in [2.45, 2.75) is 26.2 Å². The molecule has 2 aromatic rings. The fourth-order valence-corrected chi connectivity index (χ4v) is 3.11. The molecule has 0 saturated heterocycles. The Labute approximate surface area is 142 Å². The van der Waals surface area contributed by atoms with Gasteiger partial charge in [0.15, 0.2) is 0 Å². The molecule has 0 aliphatic carbocycles. The van der Waals surface area contributed by atoms with Crippen molar-refractivity contribution >= 4 is 23.2 Å². The van der Waals surface area contributed by atoms with E-state index < -0.39 is 0 Å². The van der Waals surface area contributed by atoms with E-state index in [9.17, 15) is 0 Å². The van der Waals surface area contributed by atoms with Gasteiger partial charge >= 0.3 is 0 Å². The highest BCUT2D eigenvalue weighted by Gasteiger charge is 2.16. The van der Waals surface area contributed by atoms with Crippen LogP contribution in [-0.4, -0.2) is 13.2 Å². The first-order valence-electron chi connectivity index (χ1n) is 7.43. The summed E-state index contributed by atoms with van der Waals surface area (Å²) in [5, 5.41) is 1.38. The molecule has 1 atom stereocenters. The molecule has 2 rings (SSSR count). The zero-order valence-electron chi connectivity index (χ0n) is 12.9. The molecule has 2 N–H and O–H groups in total. The van der Waals surface area contributed by atoms with Crippen molar-refractivity contribution in [1.82, 2.24) is 0 Å². The number of hydrogen-bond donors (Lipinski definition) is 1. The predicted molar refractivity (Wildman–Crippen MR) is 94.3 cm³/mol. The lowest BCUT2D eigenvalue weighted by Gasteiger charge is -2.19. The van der Waals surface area contributed by atoms with Gasteiger partial charge in [0.2, 0.25) is 0 Å². The van der Waals surface area contributed by atoms with Gasteiger partial charge in [0.25, 0.3) is 0 Å². The molecule has 22 heavy (non-hydrogen) atoms. The lowest BCUT2D eigenvalue weighted by Crippen LogP contribution is -2.15. The fraction of sp³-hybridized carbons (Fsp3) is 0.333. The van der Waals surface area contributed by atoms with Gasteiger partial charge in [-0.3, -0.25) is 0 Å². The minimum atomic E-state index is 0.173. The van der Waals surface area contributed by atoms with Crippen molar-refractivity contribution in [3.05, 3.63) is 63.1 Å². The summed E-state index contributed by atoms with van der Waals surface area (Å²) in [5.74, 6) is 1.09. The van der Waals surface area contributed by atoms with E-state index >= 15 is 0 Å². The molecular formula is C18H21Cl2NO. The molecule has 0 bridgehead atoms. The molecule has 0 amide bonds. The van der Waals surface area contributed by atoms with Crippen LogP contribution in [0.2, 0.25) is 10.0 Å².